The molecule has 0 atom stereocenters. The van der Waals surface area contributed by atoms with Crippen molar-refractivity contribution in [3.63, 3.8) is 0 Å². The number of aromatic hydroxyl groups is 1. The van der Waals surface area contributed by atoms with E-state index in [0.717, 1.165) is 17.5 Å². The molecule has 0 fully saturated rings. The number of nitrogens with zero attached hydrogens (tertiary/aromatic N) is 1. The summed E-state index contributed by atoms with van der Waals surface area (Å²) >= 11 is 1.05. The van der Waals surface area contributed by atoms with Crippen molar-refractivity contribution in [2.24, 2.45) is 5.92 Å². The molecule has 140 valence electrons. The van der Waals surface area contributed by atoms with Gasteiger partial charge >= 0.3 is 0 Å². The van der Waals surface area contributed by atoms with Gasteiger partial charge < -0.3 is 20.1 Å². The molecule has 1 amide bonds. The van der Waals surface area contributed by atoms with Crippen LogP contribution in [0.25, 0.3) is 0 Å². The van der Waals surface area contributed by atoms with Gasteiger partial charge in [-0.3, -0.25) is 9.59 Å². The molecule has 0 bridgehead atoms. The lowest BCUT2D eigenvalue weighted by Crippen LogP contribution is -2.18. The number of H-pyrrole nitrogens is 1. The van der Waals surface area contributed by atoms with E-state index in [4.69, 9.17) is 4.74 Å². The average molecular weight is 377 g/mol. The predicted molar refractivity (Wildman–Crippen MR) is 102 cm³/mol. The first kappa shape index (κ1) is 19.8. The molecule has 0 aliphatic rings. The van der Waals surface area contributed by atoms with Crippen molar-refractivity contribution < 1.29 is 14.6 Å². The number of rotatable bonds is 8. The van der Waals surface area contributed by atoms with Gasteiger partial charge in [0.25, 0.3) is 5.56 Å². The van der Waals surface area contributed by atoms with Crippen LogP contribution in [-0.2, 0) is 11.2 Å². The lowest BCUT2D eigenvalue weighted by atomic mass is 10.1. The van der Waals surface area contributed by atoms with E-state index in [9.17, 15) is 14.7 Å². The third-order valence-electron chi connectivity index (χ3n) is 3.37. The molecule has 0 spiro atoms. The molecule has 0 aliphatic heterocycles. The molecule has 1 aromatic heterocycles. The zero-order valence-corrected chi connectivity index (χ0v) is 15.9. The highest BCUT2D eigenvalue weighted by molar-refractivity contribution is 7.99. The topological polar surface area (TPSA) is 104 Å². The predicted octanol–water partition coefficient (Wildman–Crippen LogP) is 2.80. The van der Waals surface area contributed by atoms with E-state index in [0.29, 0.717) is 18.7 Å². The third kappa shape index (κ3) is 5.80. The molecule has 1 aromatic carbocycles. The molecule has 0 saturated carbocycles. The van der Waals surface area contributed by atoms with Crippen LogP contribution < -0.4 is 15.6 Å². The SMILES string of the molecule is CCOc1ccc(NC(=O)CSc2nc(O)c(CC(C)C)c(=O)[nH]2)cc1. The lowest BCUT2D eigenvalue weighted by Gasteiger charge is -2.08. The molecule has 1 heterocycles. The summed E-state index contributed by atoms with van der Waals surface area (Å²) in [6.07, 6.45) is 0.442. The van der Waals surface area contributed by atoms with Crippen LogP contribution in [0.15, 0.2) is 34.2 Å². The minimum absolute atomic E-state index is 0.0547. The van der Waals surface area contributed by atoms with E-state index >= 15 is 0 Å². The third-order valence-corrected chi connectivity index (χ3v) is 4.25. The number of amides is 1. The smallest absolute Gasteiger partial charge is 0.258 e. The van der Waals surface area contributed by atoms with Gasteiger partial charge in [-0.15, -0.1) is 0 Å². The molecule has 8 heteroatoms. The Hall–Kier alpha value is -2.48. The molecule has 0 aliphatic carbocycles. The van der Waals surface area contributed by atoms with Gasteiger partial charge in [0, 0.05) is 5.69 Å². The van der Waals surface area contributed by atoms with E-state index in [-0.39, 0.29) is 39.7 Å². The van der Waals surface area contributed by atoms with E-state index in [2.05, 4.69) is 15.3 Å². The Bertz CT molecular complexity index is 803. The number of hydrogen-bond donors (Lipinski definition) is 3. The van der Waals surface area contributed by atoms with Crippen LogP contribution in [0, 0.1) is 5.92 Å². The zero-order valence-electron chi connectivity index (χ0n) is 15.0. The highest BCUT2D eigenvalue weighted by Crippen LogP contribution is 2.20. The highest BCUT2D eigenvalue weighted by atomic mass is 32.2. The van der Waals surface area contributed by atoms with Gasteiger partial charge in [0.05, 0.1) is 17.9 Å². The molecule has 26 heavy (non-hydrogen) atoms. The summed E-state index contributed by atoms with van der Waals surface area (Å²) in [7, 11) is 0. The molecular weight excluding hydrogens is 354 g/mol. The molecular formula is C18H23N3O4S. The maximum absolute atomic E-state index is 12.0. The number of ether oxygens (including phenoxy) is 1. The van der Waals surface area contributed by atoms with Crippen molar-refractivity contribution in [1.29, 1.82) is 0 Å². The van der Waals surface area contributed by atoms with Gasteiger partial charge in [-0.1, -0.05) is 25.6 Å². The molecule has 2 rings (SSSR count). The second-order valence-electron chi connectivity index (χ2n) is 6.07. The molecule has 0 unspecified atom stereocenters. The van der Waals surface area contributed by atoms with Crippen molar-refractivity contribution in [3.8, 4) is 11.6 Å². The van der Waals surface area contributed by atoms with E-state index in [1.54, 1.807) is 24.3 Å². The number of aromatic nitrogens is 2. The quantitative estimate of drug-likeness (QED) is 0.483. The average Bonchev–Trinajstić information content (AvgIpc) is 2.58. The van der Waals surface area contributed by atoms with Gasteiger partial charge in [-0.2, -0.15) is 4.98 Å². The Morgan fingerprint density at radius 2 is 2.04 bits per heavy atom. The van der Waals surface area contributed by atoms with Crippen LogP contribution in [0.3, 0.4) is 0 Å². The highest BCUT2D eigenvalue weighted by Gasteiger charge is 2.13. The van der Waals surface area contributed by atoms with Crippen LogP contribution in [0.1, 0.15) is 26.3 Å². The van der Waals surface area contributed by atoms with Gasteiger partial charge in [0.15, 0.2) is 5.16 Å². The first-order valence-electron chi connectivity index (χ1n) is 8.36. The second-order valence-corrected chi connectivity index (χ2v) is 7.03. The molecule has 0 saturated heterocycles. The number of carbonyl (C=O) groups excluding carboxylic acids is 1. The van der Waals surface area contributed by atoms with Crippen LogP contribution in [0.4, 0.5) is 5.69 Å². The van der Waals surface area contributed by atoms with Crippen molar-refractivity contribution in [1.82, 2.24) is 9.97 Å². The monoisotopic (exact) mass is 377 g/mol. The summed E-state index contributed by atoms with van der Waals surface area (Å²) in [5.41, 5.74) is 0.541. The summed E-state index contributed by atoms with van der Waals surface area (Å²) < 4.78 is 5.34. The number of hydrogen-bond acceptors (Lipinski definition) is 6. The standard InChI is InChI=1S/C18H23N3O4S/c1-4-25-13-7-5-12(6-8-13)19-15(22)10-26-18-20-16(23)14(9-11(2)3)17(24)21-18/h5-8,11H,4,9-10H2,1-3H3,(H,19,22)(H2,20,21,23,24). The number of aromatic amines is 1. The Balaban J connectivity index is 1.93. The summed E-state index contributed by atoms with van der Waals surface area (Å²) in [5, 5.41) is 12.9. The van der Waals surface area contributed by atoms with Gasteiger partial charge in [-0.25, -0.2) is 0 Å². The summed E-state index contributed by atoms with van der Waals surface area (Å²) in [5.74, 6) is 0.490. The molecule has 2 aromatic rings. The second kappa shape index (κ2) is 9.28. The fourth-order valence-electron chi connectivity index (χ4n) is 2.26. The molecule has 7 nitrogen and oxygen atoms in total. The minimum Gasteiger partial charge on any atom is -0.494 e. The molecule has 0 radical (unpaired) electrons. The summed E-state index contributed by atoms with van der Waals surface area (Å²) in [6, 6.07) is 7.05. The first-order chi connectivity index (χ1) is 12.4. The number of benzene rings is 1. The van der Waals surface area contributed by atoms with Crippen LogP contribution >= 0.6 is 11.8 Å². The maximum Gasteiger partial charge on any atom is 0.258 e. The summed E-state index contributed by atoms with van der Waals surface area (Å²) in [6.45, 7) is 6.38. The fourth-order valence-corrected chi connectivity index (χ4v) is 2.91. The zero-order chi connectivity index (χ0) is 19.1. The fraction of sp³-hybridized carbons (Fsp3) is 0.389. The van der Waals surface area contributed by atoms with Crippen molar-refractivity contribution in [2.45, 2.75) is 32.3 Å². The Labute approximate surface area is 156 Å². The Morgan fingerprint density at radius 3 is 2.62 bits per heavy atom. The Kier molecular flexibility index (Phi) is 7.08. The van der Waals surface area contributed by atoms with E-state index < -0.39 is 0 Å². The number of anilines is 1. The molecule has 3 N–H and O–H groups in total. The number of carbonyl (C=O) groups is 1. The normalized spacial score (nSPS) is 10.8. The Morgan fingerprint density at radius 1 is 1.35 bits per heavy atom. The van der Waals surface area contributed by atoms with Crippen LogP contribution in [-0.4, -0.2) is 33.3 Å². The maximum atomic E-state index is 12.0. The van der Waals surface area contributed by atoms with Gasteiger partial charge in [0.1, 0.15) is 5.75 Å². The summed E-state index contributed by atoms with van der Waals surface area (Å²) in [4.78, 5) is 30.6. The number of nitrogens with one attached hydrogen (secondary N) is 2. The van der Waals surface area contributed by atoms with Gasteiger partial charge in [-0.05, 0) is 43.5 Å². The van der Waals surface area contributed by atoms with Gasteiger partial charge in [0.2, 0.25) is 11.8 Å². The van der Waals surface area contributed by atoms with Crippen LogP contribution in [0.2, 0.25) is 0 Å². The minimum atomic E-state index is -0.374. The lowest BCUT2D eigenvalue weighted by molar-refractivity contribution is -0.113. The van der Waals surface area contributed by atoms with Crippen LogP contribution in [0.5, 0.6) is 11.6 Å². The largest absolute Gasteiger partial charge is 0.494 e. The first-order valence-corrected chi connectivity index (χ1v) is 9.35. The van der Waals surface area contributed by atoms with Crippen molar-refractivity contribution in [2.75, 3.05) is 17.7 Å². The van der Waals surface area contributed by atoms with E-state index in [1.807, 2.05) is 20.8 Å². The van der Waals surface area contributed by atoms with Crippen molar-refractivity contribution in [3.05, 3.63) is 40.2 Å². The number of thioether (sulfide) groups is 1. The van der Waals surface area contributed by atoms with E-state index in [1.165, 1.54) is 0 Å². The van der Waals surface area contributed by atoms with Crippen molar-refractivity contribution >= 4 is 23.4 Å².